The zero-order valence-electron chi connectivity index (χ0n) is 9.80. The number of aromatic nitrogens is 1. The maximum atomic E-state index is 6.83. The number of ether oxygens (including phenoxy) is 1. The molecule has 1 fully saturated rings. The van der Waals surface area contributed by atoms with Crippen LogP contribution in [0.5, 0.6) is 5.75 Å². The number of benzene rings is 1. The lowest BCUT2D eigenvalue weighted by Crippen LogP contribution is -1.95. The highest BCUT2D eigenvalue weighted by Gasteiger charge is 2.23. The van der Waals surface area contributed by atoms with Gasteiger partial charge in [-0.3, -0.25) is 0 Å². The van der Waals surface area contributed by atoms with Gasteiger partial charge in [0.15, 0.2) is 5.01 Å². The number of rotatable bonds is 4. The highest BCUT2D eigenvalue weighted by molar-refractivity contribution is 7.09. The van der Waals surface area contributed by atoms with E-state index in [1.54, 1.807) is 0 Å². The van der Waals surface area contributed by atoms with Crippen LogP contribution in [0.15, 0.2) is 29.6 Å². The van der Waals surface area contributed by atoms with Crippen molar-refractivity contribution in [3.05, 3.63) is 46.1 Å². The summed E-state index contributed by atoms with van der Waals surface area (Å²) in [5.74, 6) is 0.929. The van der Waals surface area contributed by atoms with Crippen LogP contribution in [0, 0.1) is 6.57 Å². The van der Waals surface area contributed by atoms with Gasteiger partial charge in [0, 0.05) is 10.9 Å². The van der Waals surface area contributed by atoms with Gasteiger partial charge in [-0.05, 0) is 37.1 Å². The van der Waals surface area contributed by atoms with Crippen molar-refractivity contribution in [2.24, 2.45) is 0 Å². The number of hydrogen-bond donors (Lipinski definition) is 0. The molecule has 1 aliphatic rings. The Morgan fingerprint density at radius 2 is 2.11 bits per heavy atom. The molecule has 2 aromatic rings. The Morgan fingerprint density at radius 3 is 2.78 bits per heavy atom. The first kappa shape index (κ1) is 11.2. The van der Waals surface area contributed by atoms with Gasteiger partial charge in [-0.25, -0.2) is 11.6 Å². The number of thiazole rings is 1. The lowest BCUT2D eigenvalue weighted by molar-refractivity contribution is 0.303. The van der Waals surface area contributed by atoms with E-state index in [0.717, 1.165) is 22.0 Å². The third-order valence-corrected chi connectivity index (χ3v) is 3.58. The molecular formula is C14H12N2OS. The van der Waals surface area contributed by atoms with Crippen LogP contribution in [0.4, 0.5) is 0 Å². The molecular weight excluding hydrogens is 244 g/mol. The van der Waals surface area contributed by atoms with E-state index in [1.807, 2.05) is 29.6 Å². The smallest absolute Gasteiger partial charge is 0.265 e. The van der Waals surface area contributed by atoms with Crippen molar-refractivity contribution in [3.63, 3.8) is 0 Å². The third kappa shape index (κ3) is 2.52. The van der Waals surface area contributed by atoms with E-state index in [9.17, 15) is 0 Å². The lowest BCUT2D eigenvalue weighted by Gasteiger charge is -2.04. The van der Waals surface area contributed by atoms with Crippen LogP contribution < -0.4 is 4.74 Å². The number of nitrogens with zero attached hydrogens (tertiary/aromatic N) is 2. The van der Waals surface area contributed by atoms with Crippen molar-refractivity contribution in [3.8, 4) is 17.0 Å². The van der Waals surface area contributed by atoms with Gasteiger partial charge in [0.05, 0.1) is 11.8 Å². The summed E-state index contributed by atoms with van der Waals surface area (Å²) >= 11 is 1.54. The highest BCUT2D eigenvalue weighted by Crippen LogP contribution is 2.29. The Hall–Kier alpha value is -1.86. The van der Waals surface area contributed by atoms with Crippen LogP contribution >= 0.6 is 11.3 Å². The largest absolute Gasteiger partial charge is 0.490 e. The average Bonchev–Trinajstić information content (AvgIpc) is 3.07. The molecule has 1 aromatic heterocycles. The fourth-order valence-corrected chi connectivity index (χ4v) is 2.39. The molecule has 1 aromatic carbocycles. The SMILES string of the molecule is [C-]#[N+]Cc1nc(-c2ccc(OC3CC3)cc2)cs1. The summed E-state index contributed by atoms with van der Waals surface area (Å²) in [6, 6.07) is 8.02. The van der Waals surface area contributed by atoms with Gasteiger partial charge in [0.2, 0.25) is 0 Å². The van der Waals surface area contributed by atoms with E-state index >= 15 is 0 Å². The Labute approximate surface area is 110 Å². The van der Waals surface area contributed by atoms with Gasteiger partial charge < -0.3 is 9.58 Å². The Bertz CT molecular complexity index is 579. The van der Waals surface area contributed by atoms with Crippen molar-refractivity contribution in [1.82, 2.24) is 4.98 Å². The predicted octanol–water partition coefficient (Wildman–Crippen LogP) is 3.77. The molecule has 3 rings (SSSR count). The first-order valence-corrected chi connectivity index (χ1v) is 6.78. The van der Waals surface area contributed by atoms with Crippen molar-refractivity contribution < 1.29 is 4.74 Å². The van der Waals surface area contributed by atoms with Gasteiger partial charge >= 0.3 is 0 Å². The van der Waals surface area contributed by atoms with Crippen molar-refractivity contribution in [2.45, 2.75) is 25.5 Å². The van der Waals surface area contributed by atoms with Crippen molar-refractivity contribution in [2.75, 3.05) is 0 Å². The maximum absolute atomic E-state index is 6.83. The minimum absolute atomic E-state index is 0.369. The fourth-order valence-electron chi connectivity index (χ4n) is 1.67. The summed E-state index contributed by atoms with van der Waals surface area (Å²) in [5.41, 5.74) is 2.02. The topological polar surface area (TPSA) is 26.5 Å². The van der Waals surface area contributed by atoms with Gasteiger partial charge in [-0.15, -0.1) is 11.3 Å². The molecule has 0 saturated heterocycles. The van der Waals surface area contributed by atoms with E-state index < -0.39 is 0 Å². The van der Waals surface area contributed by atoms with Crippen LogP contribution in [-0.2, 0) is 6.54 Å². The molecule has 1 heterocycles. The molecule has 0 unspecified atom stereocenters. The summed E-state index contributed by atoms with van der Waals surface area (Å²) in [5, 5.41) is 2.87. The Balaban J connectivity index is 1.76. The fraction of sp³-hybridized carbons (Fsp3) is 0.286. The highest BCUT2D eigenvalue weighted by atomic mass is 32.1. The summed E-state index contributed by atoms with van der Waals surface area (Å²) < 4.78 is 5.70. The summed E-state index contributed by atoms with van der Waals surface area (Å²) in [6.45, 7) is 7.20. The van der Waals surface area contributed by atoms with E-state index in [0.29, 0.717) is 12.6 Å². The quantitative estimate of drug-likeness (QED) is 0.778. The van der Waals surface area contributed by atoms with Gasteiger partial charge in [0.25, 0.3) is 6.54 Å². The zero-order chi connectivity index (χ0) is 12.4. The lowest BCUT2D eigenvalue weighted by atomic mass is 10.2. The molecule has 3 nitrogen and oxygen atoms in total. The van der Waals surface area contributed by atoms with E-state index in [1.165, 1.54) is 24.2 Å². The van der Waals surface area contributed by atoms with Crippen LogP contribution in [0.2, 0.25) is 0 Å². The maximum Gasteiger partial charge on any atom is 0.265 e. The Kier molecular flexibility index (Phi) is 2.99. The van der Waals surface area contributed by atoms with Crippen LogP contribution in [0.1, 0.15) is 17.8 Å². The Morgan fingerprint density at radius 1 is 1.33 bits per heavy atom. The molecule has 0 atom stereocenters. The molecule has 4 heteroatoms. The molecule has 0 aliphatic heterocycles. The van der Waals surface area contributed by atoms with Crippen molar-refractivity contribution >= 4 is 11.3 Å². The zero-order valence-corrected chi connectivity index (χ0v) is 10.6. The first-order chi connectivity index (χ1) is 8.85. The van der Waals surface area contributed by atoms with E-state index in [2.05, 4.69) is 9.83 Å². The summed E-state index contributed by atoms with van der Waals surface area (Å²) in [6.07, 6.45) is 2.78. The molecule has 0 bridgehead atoms. The van der Waals surface area contributed by atoms with Gasteiger partial charge in [-0.2, -0.15) is 0 Å². The molecule has 0 amide bonds. The van der Waals surface area contributed by atoms with Crippen LogP contribution in [0.25, 0.3) is 16.1 Å². The standard InChI is InChI=1S/C14H12N2OS/c1-15-8-14-16-13(9-18-14)10-2-4-11(5-3-10)17-12-6-7-12/h2-5,9,12H,6-8H2. The number of hydrogen-bond acceptors (Lipinski definition) is 3. The average molecular weight is 256 g/mol. The van der Waals surface area contributed by atoms with Gasteiger partial charge in [-0.1, -0.05) is 0 Å². The second-order valence-corrected chi connectivity index (χ2v) is 5.23. The molecule has 0 radical (unpaired) electrons. The minimum atomic E-state index is 0.369. The molecule has 90 valence electrons. The van der Waals surface area contributed by atoms with Crippen LogP contribution in [0.3, 0.4) is 0 Å². The normalized spacial score (nSPS) is 14.2. The molecule has 0 spiro atoms. The predicted molar refractivity (Wildman–Crippen MR) is 71.5 cm³/mol. The molecule has 0 N–H and O–H groups in total. The van der Waals surface area contributed by atoms with Crippen LogP contribution in [-0.4, -0.2) is 11.1 Å². The minimum Gasteiger partial charge on any atom is -0.490 e. The summed E-state index contributed by atoms with van der Waals surface area (Å²) in [7, 11) is 0. The van der Waals surface area contributed by atoms with Crippen molar-refractivity contribution in [1.29, 1.82) is 0 Å². The van der Waals surface area contributed by atoms with E-state index in [4.69, 9.17) is 11.3 Å². The summed E-state index contributed by atoms with van der Waals surface area (Å²) in [4.78, 5) is 7.78. The molecule has 1 saturated carbocycles. The second-order valence-electron chi connectivity index (χ2n) is 4.28. The molecule has 1 aliphatic carbocycles. The third-order valence-electron chi connectivity index (χ3n) is 2.74. The monoisotopic (exact) mass is 256 g/mol. The second kappa shape index (κ2) is 4.79. The van der Waals surface area contributed by atoms with Gasteiger partial charge in [0.1, 0.15) is 5.75 Å². The molecule has 18 heavy (non-hydrogen) atoms. The first-order valence-electron chi connectivity index (χ1n) is 5.90. The van der Waals surface area contributed by atoms with E-state index in [-0.39, 0.29) is 0 Å².